The highest BCUT2D eigenvalue weighted by molar-refractivity contribution is 5.98. The molecule has 1 atom stereocenters. The minimum atomic E-state index is -0.524. The largest absolute Gasteiger partial charge is 0.417 e. The molecule has 0 radical (unpaired) electrons. The van der Waals surface area contributed by atoms with Crippen molar-refractivity contribution in [3.05, 3.63) is 64.6 Å². The Bertz CT molecular complexity index is 1110. The molecular weight excluding hydrogens is 396 g/mol. The maximum absolute atomic E-state index is 12.6. The van der Waals surface area contributed by atoms with Gasteiger partial charge in [-0.25, -0.2) is 4.79 Å². The lowest BCUT2D eigenvalue weighted by Gasteiger charge is -2.37. The van der Waals surface area contributed by atoms with Gasteiger partial charge in [-0.05, 0) is 37.3 Å². The average molecular weight is 422 g/mol. The van der Waals surface area contributed by atoms with Crippen molar-refractivity contribution in [2.45, 2.75) is 19.4 Å². The normalized spacial score (nSPS) is 16.3. The number of Topliss-reactive ketones (excluding diaryl/α,β-unsaturated/α-hetero) is 1. The first-order chi connectivity index (χ1) is 15.0. The van der Waals surface area contributed by atoms with Gasteiger partial charge in [-0.2, -0.15) is 0 Å². The van der Waals surface area contributed by atoms with E-state index >= 15 is 0 Å². The molecule has 2 aromatic carbocycles. The van der Waals surface area contributed by atoms with Crippen molar-refractivity contribution in [3.8, 4) is 0 Å². The summed E-state index contributed by atoms with van der Waals surface area (Å²) in [4.78, 5) is 43.3. The summed E-state index contributed by atoms with van der Waals surface area (Å²) < 4.78 is 5.03. The number of carbonyl (C=O) groups excluding carboxylic acids is 2. The molecule has 0 saturated carbocycles. The van der Waals surface area contributed by atoms with Gasteiger partial charge in [0.2, 0.25) is 5.91 Å². The predicted octanol–water partition coefficient (Wildman–Crippen LogP) is 2.34. The van der Waals surface area contributed by atoms with Gasteiger partial charge in [0.15, 0.2) is 11.4 Å². The second kappa shape index (κ2) is 9.28. The Morgan fingerprint density at radius 2 is 1.84 bits per heavy atom. The minimum Gasteiger partial charge on any atom is -0.408 e. The van der Waals surface area contributed by atoms with E-state index in [4.69, 9.17) is 4.42 Å². The smallest absolute Gasteiger partial charge is 0.408 e. The fourth-order valence-electron chi connectivity index (χ4n) is 3.83. The van der Waals surface area contributed by atoms with Gasteiger partial charge in [-0.3, -0.25) is 19.5 Å². The second-order valence-corrected chi connectivity index (χ2v) is 7.81. The molecule has 1 saturated heterocycles. The number of amides is 1. The molecule has 0 bridgehead atoms. The lowest BCUT2D eigenvalue weighted by Crippen LogP contribution is -2.52. The van der Waals surface area contributed by atoms with Gasteiger partial charge in [-0.1, -0.05) is 18.2 Å². The van der Waals surface area contributed by atoms with Crippen molar-refractivity contribution in [1.82, 2.24) is 14.8 Å². The number of aromatic nitrogens is 1. The number of rotatable bonds is 7. The van der Waals surface area contributed by atoms with E-state index < -0.39 is 5.76 Å². The molecular formula is C23H26N4O4. The van der Waals surface area contributed by atoms with E-state index in [9.17, 15) is 14.4 Å². The molecule has 0 spiro atoms. The monoisotopic (exact) mass is 422 g/mol. The Morgan fingerprint density at radius 3 is 2.58 bits per heavy atom. The molecule has 162 valence electrons. The maximum atomic E-state index is 12.6. The van der Waals surface area contributed by atoms with Crippen LogP contribution in [0.5, 0.6) is 0 Å². The topological polar surface area (TPSA) is 98.6 Å². The molecule has 8 nitrogen and oxygen atoms in total. The van der Waals surface area contributed by atoms with E-state index in [0.29, 0.717) is 29.6 Å². The van der Waals surface area contributed by atoms with Crippen LogP contribution < -0.4 is 11.1 Å². The highest BCUT2D eigenvalue weighted by Crippen LogP contribution is 2.15. The molecule has 1 fully saturated rings. The number of anilines is 1. The first-order valence-electron chi connectivity index (χ1n) is 10.5. The number of hydrogen-bond acceptors (Lipinski definition) is 6. The number of nitrogens with zero attached hydrogens (tertiary/aromatic N) is 2. The SMILES string of the molecule is CC(C(=O)Nc1ccccc1)N1CCN(CCC(=O)c2ccc3[nH]c(=O)oc3c2)CC1. The van der Waals surface area contributed by atoms with Crippen molar-refractivity contribution in [2.75, 3.05) is 38.0 Å². The van der Waals surface area contributed by atoms with E-state index in [2.05, 4.69) is 20.1 Å². The third-order valence-corrected chi connectivity index (χ3v) is 5.77. The molecule has 2 N–H and O–H groups in total. The zero-order chi connectivity index (χ0) is 21.8. The van der Waals surface area contributed by atoms with Crippen LogP contribution in [0.3, 0.4) is 0 Å². The van der Waals surface area contributed by atoms with Crippen molar-refractivity contribution in [3.63, 3.8) is 0 Å². The molecule has 1 amide bonds. The van der Waals surface area contributed by atoms with Crippen LogP contribution in [-0.2, 0) is 4.79 Å². The Balaban J connectivity index is 1.24. The number of H-pyrrole nitrogens is 1. The van der Waals surface area contributed by atoms with E-state index in [1.54, 1.807) is 18.2 Å². The van der Waals surface area contributed by atoms with Crippen LogP contribution in [0.4, 0.5) is 5.69 Å². The summed E-state index contributed by atoms with van der Waals surface area (Å²) in [6.07, 6.45) is 0.393. The van der Waals surface area contributed by atoms with Crippen molar-refractivity contribution in [2.24, 2.45) is 0 Å². The molecule has 0 aliphatic carbocycles. The number of fused-ring (bicyclic) bond motifs is 1. The Kier molecular flexibility index (Phi) is 6.29. The van der Waals surface area contributed by atoms with Crippen molar-refractivity contribution in [1.29, 1.82) is 0 Å². The summed E-state index contributed by atoms with van der Waals surface area (Å²) in [5.41, 5.74) is 2.32. The van der Waals surface area contributed by atoms with Crippen molar-refractivity contribution < 1.29 is 14.0 Å². The molecule has 1 aliphatic heterocycles. The van der Waals surface area contributed by atoms with Crippen LogP contribution in [0.2, 0.25) is 0 Å². The van der Waals surface area contributed by atoms with Crippen LogP contribution in [0.25, 0.3) is 11.1 Å². The molecule has 1 aromatic heterocycles. The summed E-state index contributed by atoms with van der Waals surface area (Å²) in [5, 5.41) is 2.95. The van der Waals surface area contributed by atoms with Gasteiger partial charge >= 0.3 is 5.76 Å². The number of carbonyl (C=O) groups is 2. The summed E-state index contributed by atoms with van der Waals surface area (Å²) in [6, 6.07) is 14.3. The number of oxazole rings is 1. The lowest BCUT2D eigenvalue weighted by atomic mass is 10.1. The highest BCUT2D eigenvalue weighted by Gasteiger charge is 2.25. The van der Waals surface area contributed by atoms with Crippen molar-refractivity contribution >= 4 is 28.5 Å². The number of nitrogens with one attached hydrogen (secondary N) is 2. The lowest BCUT2D eigenvalue weighted by molar-refractivity contribution is -0.121. The van der Waals surface area contributed by atoms with Crippen LogP contribution >= 0.6 is 0 Å². The van der Waals surface area contributed by atoms with Crippen LogP contribution in [-0.4, -0.2) is 65.2 Å². The molecule has 2 heterocycles. The highest BCUT2D eigenvalue weighted by atomic mass is 16.4. The molecule has 4 rings (SSSR count). The zero-order valence-electron chi connectivity index (χ0n) is 17.5. The molecule has 3 aromatic rings. The van der Waals surface area contributed by atoms with Gasteiger partial charge in [0.1, 0.15) is 0 Å². The number of aromatic amines is 1. The van der Waals surface area contributed by atoms with E-state index in [1.165, 1.54) is 0 Å². The van der Waals surface area contributed by atoms with E-state index in [-0.39, 0.29) is 17.7 Å². The Hall–Kier alpha value is -3.23. The van der Waals surface area contributed by atoms with Gasteiger partial charge in [0, 0.05) is 50.4 Å². The molecule has 31 heavy (non-hydrogen) atoms. The molecule has 8 heteroatoms. The number of piperazine rings is 1. The van der Waals surface area contributed by atoms with Crippen LogP contribution in [0.15, 0.2) is 57.7 Å². The van der Waals surface area contributed by atoms with Gasteiger partial charge < -0.3 is 14.6 Å². The Labute approximate surface area is 179 Å². The third kappa shape index (κ3) is 5.10. The summed E-state index contributed by atoms with van der Waals surface area (Å²) in [6.45, 7) is 5.75. The fourth-order valence-corrected chi connectivity index (χ4v) is 3.83. The number of para-hydroxylation sites is 1. The minimum absolute atomic E-state index is 0.0124. The van der Waals surface area contributed by atoms with Crippen LogP contribution in [0.1, 0.15) is 23.7 Å². The second-order valence-electron chi connectivity index (χ2n) is 7.81. The summed E-state index contributed by atoms with van der Waals surface area (Å²) >= 11 is 0. The van der Waals surface area contributed by atoms with E-state index in [0.717, 1.165) is 31.9 Å². The summed E-state index contributed by atoms with van der Waals surface area (Å²) in [7, 11) is 0. The van der Waals surface area contributed by atoms with Gasteiger partial charge in [-0.15, -0.1) is 0 Å². The number of ketones is 1. The molecule has 1 aliphatic rings. The van der Waals surface area contributed by atoms with E-state index in [1.807, 2.05) is 37.3 Å². The summed E-state index contributed by atoms with van der Waals surface area (Å²) in [5.74, 6) is -0.519. The standard InChI is InChI=1S/C23H26N4O4/c1-16(22(29)24-18-5-3-2-4-6-18)27-13-11-26(12-14-27)10-9-20(28)17-7-8-19-21(15-17)31-23(30)25-19/h2-8,15-16H,9-14H2,1H3,(H,24,29)(H,25,30). The quantitative estimate of drug-likeness (QED) is 0.567. The fraction of sp³-hybridized carbons (Fsp3) is 0.348. The van der Waals surface area contributed by atoms with Gasteiger partial charge in [0.05, 0.1) is 11.6 Å². The van der Waals surface area contributed by atoms with Gasteiger partial charge in [0.25, 0.3) is 0 Å². The zero-order valence-corrected chi connectivity index (χ0v) is 17.5. The third-order valence-electron chi connectivity index (χ3n) is 5.77. The average Bonchev–Trinajstić information content (AvgIpc) is 3.17. The van der Waals surface area contributed by atoms with Crippen LogP contribution in [0, 0.1) is 0 Å². The first kappa shape index (κ1) is 21.0. The number of hydrogen-bond donors (Lipinski definition) is 2. The predicted molar refractivity (Wildman–Crippen MR) is 118 cm³/mol. The Morgan fingerprint density at radius 1 is 1.10 bits per heavy atom. The first-order valence-corrected chi connectivity index (χ1v) is 10.5. The maximum Gasteiger partial charge on any atom is 0.417 e. The molecule has 1 unspecified atom stereocenters. The number of benzene rings is 2.